The fraction of sp³-hybridized carbons (Fsp3) is 0.489. The first kappa shape index (κ1) is 45.1. The monoisotopic (exact) mass is 922 g/mol. The van der Waals surface area contributed by atoms with Gasteiger partial charge in [0.15, 0.2) is 18.2 Å². The Kier molecular flexibility index (Phi) is 13.0. The van der Waals surface area contributed by atoms with E-state index in [1.165, 1.54) is 7.05 Å². The number of nitrogens with one attached hydrogen (secondary N) is 4. The lowest BCUT2D eigenvalue weighted by atomic mass is 9.91. The van der Waals surface area contributed by atoms with Crippen LogP contribution >= 0.6 is 11.6 Å². The maximum atomic E-state index is 13.3. The number of fused-ring (bicyclic) bond motifs is 2. The molecule has 5 amide bonds. The number of anilines is 4. The number of aromatic nitrogens is 3. The number of carbonyl (C=O) groups is 5. The van der Waals surface area contributed by atoms with E-state index in [-0.39, 0.29) is 54.9 Å². The molecule has 4 aliphatic heterocycles. The van der Waals surface area contributed by atoms with E-state index in [9.17, 15) is 28.8 Å². The normalized spacial score (nSPS) is 21.6. The molecular formula is C47H55ClN10O8. The summed E-state index contributed by atoms with van der Waals surface area (Å²) in [6.07, 6.45) is 8.09. The van der Waals surface area contributed by atoms with Crippen LogP contribution in [0.3, 0.4) is 0 Å². The molecule has 0 radical (unpaired) electrons. The maximum absolute atomic E-state index is 13.3. The predicted octanol–water partition coefficient (Wildman–Crippen LogP) is 4.32. The number of rotatable bonds is 14. The second kappa shape index (κ2) is 19.0. The predicted molar refractivity (Wildman–Crippen MR) is 248 cm³/mol. The van der Waals surface area contributed by atoms with Gasteiger partial charge in [-0.2, -0.15) is 4.98 Å². The highest BCUT2D eigenvalue weighted by molar-refractivity contribution is 6.33. The van der Waals surface area contributed by atoms with E-state index in [2.05, 4.69) is 36.1 Å². The highest BCUT2D eigenvalue weighted by Gasteiger charge is 2.45. The van der Waals surface area contributed by atoms with E-state index in [0.29, 0.717) is 45.6 Å². The lowest BCUT2D eigenvalue weighted by Crippen LogP contribution is -2.54. The van der Waals surface area contributed by atoms with Gasteiger partial charge in [-0.15, -0.1) is 0 Å². The van der Waals surface area contributed by atoms with Crippen molar-refractivity contribution < 1.29 is 33.4 Å². The third-order valence-electron chi connectivity index (χ3n) is 13.4. The summed E-state index contributed by atoms with van der Waals surface area (Å²) in [6, 6.07) is 11.9. The van der Waals surface area contributed by atoms with Crippen molar-refractivity contribution in [1.82, 2.24) is 35.4 Å². The SMILES string of the molecule is CNC(=O)COc1cc2cc(Nc3nc(N4CCC(OC5CCC(NCC6CN(c7ccc8c(c7)C(=O)N(C7CCC(=O)NC7=O)C8=O)C6)CC5)CC4)ncc3Cl)ccc2n(C(C)C)c1=O. The highest BCUT2D eigenvalue weighted by Crippen LogP contribution is 2.34. The minimum Gasteiger partial charge on any atom is -0.478 e. The highest BCUT2D eigenvalue weighted by atomic mass is 35.5. The van der Waals surface area contributed by atoms with Gasteiger partial charge in [0.05, 0.1) is 35.0 Å². The minimum absolute atomic E-state index is 0.0886. The summed E-state index contributed by atoms with van der Waals surface area (Å²) in [5.74, 6) is -0.723. The molecule has 6 heterocycles. The first-order valence-corrected chi connectivity index (χ1v) is 23.3. The number of pyridine rings is 1. The molecule has 4 N–H and O–H groups in total. The van der Waals surface area contributed by atoms with Crippen molar-refractivity contribution >= 4 is 75.2 Å². The Morgan fingerprint density at radius 2 is 1.64 bits per heavy atom. The van der Waals surface area contributed by atoms with Crippen molar-refractivity contribution in [3.63, 3.8) is 0 Å². The number of halogens is 1. The van der Waals surface area contributed by atoms with Gasteiger partial charge < -0.3 is 39.8 Å². The van der Waals surface area contributed by atoms with Gasteiger partial charge in [0.2, 0.25) is 17.8 Å². The smallest absolute Gasteiger partial charge is 0.293 e. The first-order valence-electron chi connectivity index (χ1n) is 22.9. The van der Waals surface area contributed by atoms with Gasteiger partial charge in [-0.3, -0.25) is 39.0 Å². The maximum Gasteiger partial charge on any atom is 0.293 e. The molecule has 0 spiro atoms. The lowest BCUT2D eigenvalue weighted by molar-refractivity contribution is -0.136. The van der Waals surface area contributed by atoms with Crippen LogP contribution in [0.15, 0.2) is 53.5 Å². The largest absolute Gasteiger partial charge is 0.478 e. The second-order valence-electron chi connectivity index (χ2n) is 18.2. The van der Waals surface area contributed by atoms with E-state index in [1.807, 2.05) is 38.1 Å². The standard InChI is InChI=1S/C47H55ClN10O8/c1-26(2)57-37-11-6-30(18-28(37)19-39(46(57)64)65-25-41(60)49-3)52-42-36(48)22-51-47(54-42)55-16-14-33(15-17-55)66-32-8-4-29(5-9-32)50-21-27-23-56(24-27)31-7-10-34-35(20-31)45(63)58(44(34)62)38-12-13-40(59)53-43(38)61/h6-7,10-11,18-20,22,26-27,29,32-33,38,50H,4-5,8-9,12-17,21,23-25H2,1-3H3,(H,49,60)(H,51,52,54)(H,53,59,61). The Bertz CT molecular complexity index is 2620. The minimum atomic E-state index is -0.975. The van der Waals surface area contributed by atoms with Gasteiger partial charge in [-0.1, -0.05) is 11.6 Å². The van der Waals surface area contributed by atoms with Gasteiger partial charge >= 0.3 is 0 Å². The topological polar surface area (TPSA) is 209 Å². The number of imide groups is 2. The number of piperidine rings is 2. The van der Waals surface area contributed by atoms with Crippen molar-refractivity contribution in [3.8, 4) is 5.75 Å². The van der Waals surface area contributed by atoms with Crippen LogP contribution in [-0.4, -0.2) is 120 Å². The van der Waals surface area contributed by atoms with E-state index < -0.39 is 29.7 Å². The number of nitrogens with zero attached hydrogens (tertiary/aromatic N) is 6. The van der Waals surface area contributed by atoms with Crippen molar-refractivity contribution in [2.75, 3.05) is 61.5 Å². The Labute approximate surface area is 386 Å². The lowest BCUT2D eigenvalue weighted by Gasteiger charge is -2.42. The second-order valence-corrected chi connectivity index (χ2v) is 18.6. The molecular weight excluding hydrogens is 868 g/mol. The summed E-state index contributed by atoms with van der Waals surface area (Å²) >= 11 is 6.60. The molecule has 1 saturated carbocycles. The number of carbonyl (C=O) groups excluding carboxylic acids is 5. The van der Waals surface area contributed by atoms with Crippen LogP contribution in [0.1, 0.15) is 92.0 Å². The Hall–Kier alpha value is -6.11. The average Bonchev–Trinajstić information content (AvgIpc) is 3.54. The molecule has 4 aromatic rings. The van der Waals surface area contributed by atoms with Gasteiger partial charge in [-0.25, -0.2) is 4.98 Å². The molecule has 18 nitrogen and oxygen atoms in total. The van der Waals surface area contributed by atoms with Crippen LogP contribution in [0.2, 0.25) is 5.02 Å². The molecule has 3 saturated heterocycles. The zero-order valence-electron chi connectivity index (χ0n) is 37.3. The van der Waals surface area contributed by atoms with Crippen LogP contribution in [0, 0.1) is 5.92 Å². The summed E-state index contributed by atoms with van der Waals surface area (Å²) in [5, 5.41) is 13.0. The molecule has 348 valence electrons. The van der Waals surface area contributed by atoms with E-state index in [0.717, 1.165) is 92.7 Å². The fourth-order valence-electron chi connectivity index (χ4n) is 9.73. The van der Waals surface area contributed by atoms with Crippen molar-refractivity contribution in [2.45, 2.75) is 95.5 Å². The van der Waals surface area contributed by atoms with Crippen molar-refractivity contribution in [3.05, 3.63) is 75.2 Å². The molecule has 2 aromatic heterocycles. The zero-order chi connectivity index (χ0) is 46.2. The quantitative estimate of drug-likeness (QED) is 0.130. The molecule has 9 rings (SSSR count). The van der Waals surface area contributed by atoms with E-state index >= 15 is 0 Å². The van der Waals surface area contributed by atoms with Crippen LogP contribution in [-0.2, 0) is 19.1 Å². The molecule has 5 aliphatic rings. The summed E-state index contributed by atoms with van der Waals surface area (Å²) in [7, 11) is 1.51. The third-order valence-corrected chi connectivity index (χ3v) is 13.7. The van der Waals surface area contributed by atoms with Crippen LogP contribution < -0.4 is 41.4 Å². The van der Waals surface area contributed by atoms with E-state index in [4.69, 9.17) is 26.1 Å². The summed E-state index contributed by atoms with van der Waals surface area (Å²) in [5.41, 5.74) is 2.61. The van der Waals surface area contributed by atoms with Crippen LogP contribution in [0.25, 0.3) is 10.9 Å². The number of benzene rings is 2. The third kappa shape index (κ3) is 9.31. The Balaban J connectivity index is 0.712. The molecule has 1 atom stereocenters. The van der Waals surface area contributed by atoms with Gasteiger partial charge in [-0.05, 0) is 101 Å². The zero-order valence-corrected chi connectivity index (χ0v) is 38.1. The molecule has 0 bridgehead atoms. The summed E-state index contributed by atoms with van der Waals surface area (Å²) in [6.45, 7) is 7.67. The van der Waals surface area contributed by atoms with Gasteiger partial charge in [0, 0.05) is 81.0 Å². The number of hydrogen-bond donors (Lipinski definition) is 4. The molecule has 1 aliphatic carbocycles. The first-order chi connectivity index (χ1) is 31.8. The van der Waals surface area contributed by atoms with Gasteiger partial charge in [0.1, 0.15) is 11.1 Å². The van der Waals surface area contributed by atoms with Crippen LogP contribution in [0.4, 0.5) is 23.1 Å². The van der Waals surface area contributed by atoms with E-state index in [1.54, 1.807) is 29.0 Å². The summed E-state index contributed by atoms with van der Waals surface area (Å²) < 4.78 is 13.9. The van der Waals surface area contributed by atoms with Crippen LogP contribution in [0.5, 0.6) is 5.75 Å². The van der Waals surface area contributed by atoms with Gasteiger partial charge in [0.25, 0.3) is 23.3 Å². The molecule has 66 heavy (non-hydrogen) atoms. The molecule has 19 heteroatoms. The summed E-state index contributed by atoms with van der Waals surface area (Å²) in [4.78, 5) is 90.2. The number of likely N-dealkylation sites (N-methyl/N-ethyl adjacent to an activating group) is 1. The fourth-order valence-corrected chi connectivity index (χ4v) is 9.87. The molecule has 4 fully saturated rings. The number of ether oxygens (including phenoxy) is 2. The van der Waals surface area contributed by atoms with Crippen molar-refractivity contribution in [2.24, 2.45) is 5.92 Å². The number of amides is 5. The molecule has 1 unspecified atom stereocenters. The van der Waals surface area contributed by atoms with Crippen molar-refractivity contribution in [1.29, 1.82) is 0 Å². The Morgan fingerprint density at radius 3 is 2.36 bits per heavy atom. The average molecular weight is 923 g/mol. The molecule has 2 aromatic carbocycles. The number of hydrogen-bond acceptors (Lipinski definition) is 14. The Morgan fingerprint density at radius 1 is 0.894 bits per heavy atom.